The van der Waals surface area contributed by atoms with Crippen molar-refractivity contribution in [3.63, 3.8) is 0 Å². The van der Waals surface area contributed by atoms with Crippen molar-refractivity contribution >= 4 is 17.9 Å². The van der Waals surface area contributed by atoms with Gasteiger partial charge in [-0.3, -0.25) is 4.79 Å². The fourth-order valence-electron chi connectivity index (χ4n) is 2.74. The molecule has 0 aliphatic rings. The molecule has 142 valence electrons. The van der Waals surface area contributed by atoms with Crippen LogP contribution in [0.2, 0.25) is 0 Å². The van der Waals surface area contributed by atoms with Crippen LogP contribution in [0.5, 0.6) is 23.0 Å². The van der Waals surface area contributed by atoms with Crippen molar-refractivity contribution in [2.45, 2.75) is 13.3 Å². The van der Waals surface area contributed by atoms with E-state index in [1.54, 1.807) is 46.5 Å². The van der Waals surface area contributed by atoms with Crippen molar-refractivity contribution in [3.05, 3.63) is 59.2 Å². The molecule has 5 nitrogen and oxygen atoms in total. The molecule has 0 bridgehead atoms. The fraction of sp³-hybridized carbons (Fsp3) is 0.227. The normalized spacial score (nSPS) is 11.1. The minimum absolute atomic E-state index is 0.0681. The van der Waals surface area contributed by atoms with Gasteiger partial charge in [-0.1, -0.05) is 30.4 Å². The van der Waals surface area contributed by atoms with Crippen molar-refractivity contribution in [2.24, 2.45) is 0 Å². The highest BCUT2D eigenvalue weighted by atomic mass is 16.5. The number of aromatic hydroxyl groups is 1. The monoisotopic (exact) mass is 368 g/mol. The van der Waals surface area contributed by atoms with Gasteiger partial charge in [-0.2, -0.15) is 0 Å². The summed E-state index contributed by atoms with van der Waals surface area (Å²) in [6.07, 6.45) is 7.03. The van der Waals surface area contributed by atoms with E-state index in [0.717, 1.165) is 11.1 Å². The summed E-state index contributed by atoms with van der Waals surface area (Å²) in [5.74, 6) is 1.65. The first kappa shape index (κ1) is 20.1. The first-order valence-corrected chi connectivity index (χ1v) is 8.48. The zero-order valence-electron chi connectivity index (χ0n) is 16.0. The Kier molecular flexibility index (Phi) is 7.06. The summed E-state index contributed by atoms with van der Waals surface area (Å²) in [4.78, 5) is 12.0. The van der Waals surface area contributed by atoms with Gasteiger partial charge in [-0.25, -0.2) is 0 Å². The summed E-state index contributed by atoms with van der Waals surface area (Å²) in [5, 5.41) is 10.2. The molecule has 0 saturated heterocycles. The van der Waals surface area contributed by atoms with Gasteiger partial charge in [0.1, 0.15) is 5.75 Å². The molecule has 0 fully saturated rings. The molecule has 0 spiro atoms. The van der Waals surface area contributed by atoms with Crippen LogP contribution < -0.4 is 14.2 Å². The Balaban J connectivity index is 2.41. The molecule has 27 heavy (non-hydrogen) atoms. The molecule has 0 aliphatic carbocycles. The van der Waals surface area contributed by atoms with E-state index in [1.165, 1.54) is 6.08 Å². The first-order chi connectivity index (χ1) is 13.0. The topological polar surface area (TPSA) is 65.0 Å². The molecular weight excluding hydrogens is 344 g/mol. The number of hydrogen-bond acceptors (Lipinski definition) is 5. The maximum atomic E-state index is 12.0. The number of rotatable bonds is 8. The molecule has 0 atom stereocenters. The molecule has 0 radical (unpaired) electrons. The summed E-state index contributed by atoms with van der Waals surface area (Å²) in [6.45, 7) is 1.79. The molecule has 1 N–H and O–H groups in total. The Morgan fingerprint density at radius 1 is 1.04 bits per heavy atom. The highest BCUT2D eigenvalue weighted by molar-refractivity contribution is 5.92. The predicted octanol–water partition coefficient (Wildman–Crippen LogP) is 4.28. The molecule has 0 aliphatic heterocycles. The maximum absolute atomic E-state index is 12.0. The lowest BCUT2D eigenvalue weighted by Gasteiger charge is -2.13. The molecule has 0 heterocycles. The van der Waals surface area contributed by atoms with E-state index in [-0.39, 0.29) is 18.0 Å². The molecule has 0 aromatic heterocycles. The SMILES string of the molecule is C/C=C/C(=O)Cc1c(O)cccc1/C=C\c1cc(OC)c(OC)c(OC)c1. The average Bonchev–Trinajstić information content (AvgIpc) is 2.67. The van der Waals surface area contributed by atoms with Gasteiger partial charge in [0.2, 0.25) is 5.75 Å². The second-order valence-electron chi connectivity index (χ2n) is 5.78. The number of phenolic OH excluding ortho intramolecular Hbond substituents is 1. The lowest BCUT2D eigenvalue weighted by Crippen LogP contribution is -2.01. The lowest BCUT2D eigenvalue weighted by atomic mass is 9.99. The zero-order valence-corrected chi connectivity index (χ0v) is 16.0. The number of ether oxygens (including phenoxy) is 3. The highest BCUT2D eigenvalue weighted by Crippen LogP contribution is 2.38. The van der Waals surface area contributed by atoms with Gasteiger partial charge in [-0.15, -0.1) is 0 Å². The number of benzene rings is 2. The van der Waals surface area contributed by atoms with Crippen molar-refractivity contribution < 1.29 is 24.1 Å². The minimum Gasteiger partial charge on any atom is -0.508 e. The predicted molar refractivity (Wildman–Crippen MR) is 107 cm³/mol. The van der Waals surface area contributed by atoms with E-state index < -0.39 is 0 Å². The molecule has 0 saturated carbocycles. The Hall–Kier alpha value is -3.21. The number of carbonyl (C=O) groups excluding carboxylic acids is 1. The standard InChI is InChI=1S/C22H24O5/c1-5-7-17(23)14-18-16(8-6-9-19(18)24)11-10-15-12-20(25-2)22(27-4)21(13-15)26-3/h5-13,24H,14H2,1-4H3/b7-5+,11-10-. The van der Waals surface area contributed by atoms with Crippen LogP contribution in [0.1, 0.15) is 23.6 Å². The van der Waals surface area contributed by atoms with Crippen LogP contribution in [0, 0.1) is 0 Å². The summed E-state index contributed by atoms with van der Waals surface area (Å²) in [5.41, 5.74) is 2.18. The van der Waals surface area contributed by atoms with Gasteiger partial charge in [0.25, 0.3) is 0 Å². The van der Waals surface area contributed by atoms with Gasteiger partial charge >= 0.3 is 0 Å². The van der Waals surface area contributed by atoms with E-state index >= 15 is 0 Å². The van der Waals surface area contributed by atoms with Crippen molar-refractivity contribution in [1.82, 2.24) is 0 Å². The van der Waals surface area contributed by atoms with Gasteiger partial charge < -0.3 is 19.3 Å². The van der Waals surface area contributed by atoms with E-state index in [2.05, 4.69) is 0 Å². The van der Waals surface area contributed by atoms with Crippen LogP contribution in [-0.2, 0) is 11.2 Å². The van der Waals surface area contributed by atoms with Crippen LogP contribution in [0.25, 0.3) is 12.2 Å². The third-order valence-electron chi connectivity index (χ3n) is 4.03. The second-order valence-corrected chi connectivity index (χ2v) is 5.78. The number of hydrogen-bond donors (Lipinski definition) is 1. The van der Waals surface area contributed by atoms with Gasteiger partial charge in [0, 0.05) is 12.0 Å². The fourth-order valence-corrected chi connectivity index (χ4v) is 2.74. The first-order valence-electron chi connectivity index (χ1n) is 8.48. The summed E-state index contributed by atoms with van der Waals surface area (Å²) >= 11 is 0. The summed E-state index contributed by atoms with van der Waals surface area (Å²) in [7, 11) is 4.67. The smallest absolute Gasteiger partial charge is 0.203 e. The molecule has 2 rings (SSSR count). The Morgan fingerprint density at radius 3 is 2.26 bits per heavy atom. The Labute approximate surface area is 159 Å². The van der Waals surface area contributed by atoms with Crippen LogP contribution in [0.15, 0.2) is 42.5 Å². The number of methoxy groups -OCH3 is 3. The zero-order chi connectivity index (χ0) is 19.8. The third kappa shape index (κ3) is 4.91. The maximum Gasteiger partial charge on any atom is 0.203 e. The summed E-state index contributed by atoms with van der Waals surface area (Å²) < 4.78 is 16.1. The molecule has 2 aromatic carbocycles. The Morgan fingerprint density at radius 2 is 1.70 bits per heavy atom. The van der Waals surface area contributed by atoms with Crippen molar-refractivity contribution in [2.75, 3.05) is 21.3 Å². The van der Waals surface area contributed by atoms with Crippen LogP contribution >= 0.6 is 0 Å². The van der Waals surface area contributed by atoms with E-state index in [0.29, 0.717) is 22.8 Å². The van der Waals surface area contributed by atoms with Crippen LogP contribution in [0.3, 0.4) is 0 Å². The highest BCUT2D eigenvalue weighted by Gasteiger charge is 2.13. The number of ketones is 1. The molecule has 0 amide bonds. The lowest BCUT2D eigenvalue weighted by molar-refractivity contribution is -0.114. The van der Waals surface area contributed by atoms with Gasteiger partial charge in [-0.05, 0) is 42.3 Å². The number of carbonyl (C=O) groups is 1. The van der Waals surface area contributed by atoms with E-state index in [4.69, 9.17) is 14.2 Å². The van der Waals surface area contributed by atoms with Gasteiger partial charge in [0.05, 0.1) is 21.3 Å². The average molecular weight is 368 g/mol. The molecule has 2 aromatic rings. The van der Waals surface area contributed by atoms with E-state index in [1.807, 2.05) is 30.4 Å². The van der Waals surface area contributed by atoms with Crippen LogP contribution in [-0.4, -0.2) is 32.2 Å². The van der Waals surface area contributed by atoms with Crippen molar-refractivity contribution in [1.29, 1.82) is 0 Å². The van der Waals surface area contributed by atoms with Gasteiger partial charge in [0.15, 0.2) is 17.3 Å². The van der Waals surface area contributed by atoms with Crippen LogP contribution in [0.4, 0.5) is 0 Å². The second kappa shape index (κ2) is 9.48. The largest absolute Gasteiger partial charge is 0.508 e. The molecular formula is C22H24O5. The number of phenols is 1. The third-order valence-corrected chi connectivity index (χ3v) is 4.03. The molecule has 5 heteroatoms. The summed E-state index contributed by atoms with van der Waals surface area (Å²) in [6, 6.07) is 8.83. The number of allylic oxidation sites excluding steroid dienone is 2. The minimum atomic E-state index is -0.0681. The van der Waals surface area contributed by atoms with Crippen molar-refractivity contribution in [3.8, 4) is 23.0 Å². The molecule has 0 unspecified atom stereocenters. The Bertz CT molecular complexity index is 840. The van der Waals surface area contributed by atoms with E-state index in [9.17, 15) is 9.90 Å². The quantitative estimate of drug-likeness (QED) is 0.557.